The van der Waals surface area contributed by atoms with Crippen molar-refractivity contribution in [2.24, 2.45) is 5.73 Å². The minimum atomic E-state index is -0.444. The molecule has 0 spiro atoms. The van der Waals surface area contributed by atoms with Crippen molar-refractivity contribution in [2.75, 3.05) is 36.6 Å². The van der Waals surface area contributed by atoms with Crippen LogP contribution in [0.2, 0.25) is 0 Å². The van der Waals surface area contributed by atoms with E-state index in [0.717, 1.165) is 21.8 Å². The topological polar surface area (TPSA) is 90.7 Å². The Morgan fingerprint density at radius 2 is 1.89 bits per heavy atom. The number of nitrogens with two attached hydrogens (primary N) is 1. The Balaban J connectivity index is 2.37. The van der Waals surface area contributed by atoms with Crippen LogP contribution in [0.25, 0.3) is 11.1 Å². The SMILES string of the molecule is CCOC(=O)c1c(NC(=O)CSCCN)sc(C)c1-c1ccc(OCC)cc1. The number of esters is 1. The normalized spacial score (nSPS) is 10.6. The fraction of sp³-hybridized carbons (Fsp3) is 0.400. The highest BCUT2D eigenvalue weighted by Crippen LogP contribution is 2.40. The Hall–Kier alpha value is -2.03. The van der Waals surface area contributed by atoms with Gasteiger partial charge in [0, 0.05) is 22.7 Å². The molecule has 0 radical (unpaired) electrons. The first-order valence-electron chi connectivity index (χ1n) is 9.13. The molecule has 0 unspecified atom stereocenters. The molecule has 1 amide bonds. The van der Waals surface area contributed by atoms with Crippen molar-refractivity contribution >= 4 is 40.0 Å². The molecule has 0 atom stereocenters. The molecule has 0 aliphatic carbocycles. The van der Waals surface area contributed by atoms with Gasteiger partial charge < -0.3 is 20.5 Å². The van der Waals surface area contributed by atoms with E-state index in [9.17, 15) is 9.59 Å². The van der Waals surface area contributed by atoms with Gasteiger partial charge in [0.05, 0.1) is 19.0 Å². The first-order valence-corrected chi connectivity index (χ1v) is 11.1. The number of benzene rings is 1. The molecule has 8 heteroatoms. The number of thioether (sulfide) groups is 1. The third-order valence-electron chi connectivity index (χ3n) is 3.77. The zero-order chi connectivity index (χ0) is 20.5. The average molecular weight is 423 g/mol. The van der Waals surface area contributed by atoms with Crippen LogP contribution in [-0.2, 0) is 9.53 Å². The van der Waals surface area contributed by atoms with Gasteiger partial charge in [0.1, 0.15) is 16.3 Å². The van der Waals surface area contributed by atoms with Gasteiger partial charge in [0.2, 0.25) is 5.91 Å². The molecule has 2 aromatic rings. The summed E-state index contributed by atoms with van der Waals surface area (Å²) in [6.45, 7) is 6.98. The van der Waals surface area contributed by atoms with E-state index in [4.69, 9.17) is 15.2 Å². The van der Waals surface area contributed by atoms with Gasteiger partial charge in [-0.15, -0.1) is 11.3 Å². The Kier molecular flexibility index (Phi) is 8.82. The summed E-state index contributed by atoms with van der Waals surface area (Å²) in [4.78, 5) is 25.9. The summed E-state index contributed by atoms with van der Waals surface area (Å²) < 4.78 is 10.7. The summed E-state index contributed by atoms with van der Waals surface area (Å²) in [7, 11) is 0. The van der Waals surface area contributed by atoms with Crippen LogP contribution in [0.4, 0.5) is 5.00 Å². The molecule has 1 aromatic heterocycles. The molecule has 2 rings (SSSR count). The van der Waals surface area contributed by atoms with Gasteiger partial charge in [-0.2, -0.15) is 11.8 Å². The van der Waals surface area contributed by atoms with Crippen LogP contribution < -0.4 is 15.8 Å². The highest BCUT2D eigenvalue weighted by Gasteiger charge is 2.25. The summed E-state index contributed by atoms with van der Waals surface area (Å²) in [6, 6.07) is 7.55. The van der Waals surface area contributed by atoms with Crippen molar-refractivity contribution in [3.8, 4) is 16.9 Å². The monoisotopic (exact) mass is 422 g/mol. The molecule has 0 aliphatic heterocycles. The van der Waals surface area contributed by atoms with Gasteiger partial charge in [-0.05, 0) is 38.5 Å². The van der Waals surface area contributed by atoms with Gasteiger partial charge >= 0.3 is 5.97 Å². The minimum Gasteiger partial charge on any atom is -0.494 e. The predicted molar refractivity (Wildman–Crippen MR) is 117 cm³/mol. The number of nitrogens with one attached hydrogen (secondary N) is 1. The maximum absolute atomic E-state index is 12.7. The maximum atomic E-state index is 12.7. The Morgan fingerprint density at radius 3 is 2.50 bits per heavy atom. The summed E-state index contributed by atoms with van der Waals surface area (Å²) in [5, 5.41) is 3.38. The number of hydrogen-bond acceptors (Lipinski definition) is 7. The van der Waals surface area contributed by atoms with Crippen molar-refractivity contribution in [2.45, 2.75) is 20.8 Å². The zero-order valence-electron chi connectivity index (χ0n) is 16.4. The van der Waals surface area contributed by atoms with E-state index in [-0.39, 0.29) is 18.3 Å². The highest BCUT2D eigenvalue weighted by molar-refractivity contribution is 7.99. The lowest BCUT2D eigenvalue weighted by atomic mass is 10.0. The molecular weight excluding hydrogens is 396 g/mol. The number of rotatable bonds is 10. The smallest absolute Gasteiger partial charge is 0.341 e. The van der Waals surface area contributed by atoms with Crippen LogP contribution in [0.5, 0.6) is 5.75 Å². The van der Waals surface area contributed by atoms with E-state index >= 15 is 0 Å². The second-order valence-corrected chi connectivity index (χ2v) is 8.13. The lowest BCUT2D eigenvalue weighted by Gasteiger charge is -2.10. The van der Waals surface area contributed by atoms with Gasteiger partial charge in [-0.1, -0.05) is 12.1 Å². The second kappa shape index (κ2) is 11.1. The highest BCUT2D eigenvalue weighted by atomic mass is 32.2. The zero-order valence-corrected chi connectivity index (χ0v) is 18.0. The van der Waals surface area contributed by atoms with E-state index in [0.29, 0.717) is 29.5 Å². The lowest BCUT2D eigenvalue weighted by molar-refractivity contribution is -0.113. The average Bonchev–Trinajstić information content (AvgIpc) is 2.99. The van der Waals surface area contributed by atoms with Crippen LogP contribution in [0, 0.1) is 6.92 Å². The summed E-state index contributed by atoms with van der Waals surface area (Å²) >= 11 is 2.83. The van der Waals surface area contributed by atoms with Crippen LogP contribution in [0.3, 0.4) is 0 Å². The quantitative estimate of drug-likeness (QED) is 0.445. The molecule has 152 valence electrons. The Morgan fingerprint density at radius 1 is 1.18 bits per heavy atom. The van der Waals surface area contributed by atoms with Gasteiger partial charge in [-0.3, -0.25) is 4.79 Å². The molecule has 0 saturated carbocycles. The fourth-order valence-electron chi connectivity index (χ4n) is 2.67. The summed E-state index contributed by atoms with van der Waals surface area (Å²) in [5.41, 5.74) is 7.50. The van der Waals surface area contributed by atoms with E-state index in [1.165, 1.54) is 23.1 Å². The molecule has 0 aliphatic rings. The first-order chi connectivity index (χ1) is 13.5. The van der Waals surface area contributed by atoms with Crippen LogP contribution in [-0.4, -0.2) is 43.1 Å². The van der Waals surface area contributed by atoms with Crippen molar-refractivity contribution in [1.82, 2.24) is 0 Å². The number of amides is 1. The van der Waals surface area contributed by atoms with Crippen molar-refractivity contribution in [1.29, 1.82) is 0 Å². The van der Waals surface area contributed by atoms with Crippen molar-refractivity contribution in [3.63, 3.8) is 0 Å². The Bertz CT molecular complexity index is 803. The molecule has 3 N–H and O–H groups in total. The molecule has 0 fully saturated rings. The van der Waals surface area contributed by atoms with Gasteiger partial charge in [-0.25, -0.2) is 4.79 Å². The number of carbonyl (C=O) groups excluding carboxylic acids is 2. The van der Waals surface area contributed by atoms with Gasteiger partial charge in [0.15, 0.2) is 0 Å². The number of aryl methyl sites for hydroxylation is 1. The molecule has 1 aromatic carbocycles. The third kappa shape index (κ3) is 5.73. The maximum Gasteiger partial charge on any atom is 0.341 e. The van der Waals surface area contributed by atoms with Crippen LogP contribution in [0.1, 0.15) is 29.1 Å². The van der Waals surface area contributed by atoms with Crippen molar-refractivity contribution < 1.29 is 19.1 Å². The fourth-order valence-corrected chi connectivity index (χ4v) is 4.32. The number of carbonyl (C=O) groups is 2. The van der Waals surface area contributed by atoms with E-state index in [1.807, 2.05) is 38.1 Å². The lowest BCUT2D eigenvalue weighted by Crippen LogP contribution is -2.17. The predicted octanol–water partition coefficient (Wildman–Crippen LogP) is 3.93. The van der Waals surface area contributed by atoms with Gasteiger partial charge in [0.25, 0.3) is 0 Å². The van der Waals surface area contributed by atoms with E-state index in [2.05, 4.69) is 5.32 Å². The number of ether oxygens (including phenoxy) is 2. The molecule has 6 nitrogen and oxygen atoms in total. The standard InChI is InChI=1S/C20H26N2O4S2/c1-4-25-15-8-6-14(7-9-15)17-13(3)28-19(18(17)20(24)26-5-2)22-16(23)12-27-11-10-21/h6-9H,4-5,10-12,21H2,1-3H3,(H,22,23). The molecular formula is C20H26N2O4S2. The Labute approximate surface area is 173 Å². The second-order valence-electron chi connectivity index (χ2n) is 5.80. The molecule has 0 saturated heterocycles. The van der Waals surface area contributed by atoms with Crippen LogP contribution >= 0.6 is 23.1 Å². The number of thiophene rings is 1. The van der Waals surface area contributed by atoms with E-state index < -0.39 is 5.97 Å². The molecule has 28 heavy (non-hydrogen) atoms. The summed E-state index contributed by atoms with van der Waals surface area (Å²) in [5.74, 6) is 1.15. The number of anilines is 1. The first kappa shape index (κ1) is 22.3. The molecule has 1 heterocycles. The molecule has 0 bridgehead atoms. The van der Waals surface area contributed by atoms with Crippen LogP contribution in [0.15, 0.2) is 24.3 Å². The minimum absolute atomic E-state index is 0.163. The third-order valence-corrected chi connectivity index (χ3v) is 5.78. The van der Waals surface area contributed by atoms with Crippen molar-refractivity contribution in [3.05, 3.63) is 34.7 Å². The summed E-state index contributed by atoms with van der Waals surface area (Å²) in [6.07, 6.45) is 0. The number of hydrogen-bond donors (Lipinski definition) is 2. The largest absolute Gasteiger partial charge is 0.494 e. The van der Waals surface area contributed by atoms with E-state index in [1.54, 1.807) is 6.92 Å².